The minimum absolute atomic E-state index is 0.501. The Morgan fingerprint density at radius 3 is 2.55 bits per heavy atom. The molecule has 20 heavy (non-hydrogen) atoms. The topological polar surface area (TPSA) is 58.9 Å². The first-order chi connectivity index (χ1) is 9.70. The molecule has 3 rings (SSSR count). The summed E-state index contributed by atoms with van der Waals surface area (Å²) in [6, 6.07) is 0.501. The molecular weight excluding hydrogens is 252 g/mol. The Balaban J connectivity index is 1.66. The zero-order valence-electron chi connectivity index (χ0n) is 12.0. The molecule has 1 aliphatic rings. The zero-order valence-corrected chi connectivity index (χ0v) is 12.0. The van der Waals surface area contributed by atoms with Crippen LogP contribution in [0.2, 0.25) is 0 Å². The summed E-state index contributed by atoms with van der Waals surface area (Å²) in [6.07, 6.45) is 9.78. The number of nitrogens with one attached hydrogen (secondary N) is 1. The van der Waals surface area contributed by atoms with Gasteiger partial charge in [0, 0.05) is 18.6 Å². The monoisotopic (exact) mass is 272 g/mol. The van der Waals surface area contributed by atoms with Crippen LogP contribution in [0.1, 0.15) is 24.4 Å². The summed E-state index contributed by atoms with van der Waals surface area (Å²) in [5.41, 5.74) is 1.99. The van der Waals surface area contributed by atoms with Gasteiger partial charge in [-0.25, -0.2) is 9.97 Å². The van der Waals surface area contributed by atoms with Crippen LogP contribution in [0.25, 0.3) is 0 Å². The van der Waals surface area contributed by atoms with Crippen molar-refractivity contribution in [2.45, 2.75) is 25.8 Å². The maximum atomic E-state index is 4.46. The maximum Gasteiger partial charge on any atom is 0.227 e. The van der Waals surface area contributed by atoms with E-state index in [4.69, 9.17) is 0 Å². The molecule has 1 aliphatic heterocycles. The Labute approximate surface area is 118 Å². The van der Waals surface area contributed by atoms with E-state index < -0.39 is 0 Å². The van der Waals surface area contributed by atoms with E-state index in [1.807, 2.05) is 19.3 Å². The highest BCUT2D eigenvalue weighted by molar-refractivity contribution is 5.50. The third-order valence-corrected chi connectivity index (χ3v) is 3.70. The molecule has 1 N–H and O–H groups in total. The average Bonchev–Trinajstić information content (AvgIpc) is 2.91. The van der Waals surface area contributed by atoms with Crippen LogP contribution in [0.5, 0.6) is 0 Å². The number of hydrogen-bond donors (Lipinski definition) is 1. The number of aromatic nitrogens is 4. The number of anilines is 2. The molecule has 0 atom stereocenters. The Bertz CT molecular complexity index is 553. The van der Waals surface area contributed by atoms with Crippen molar-refractivity contribution in [2.24, 2.45) is 0 Å². The molecular formula is C14H20N6. The van der Waals surface area contributed by atoms with E-state index in [1.165, 1.54) is 0 Å². The lowest BCUT2D eigenvalue weighted by Gasteiger charge is -2.28. The first-order valence-electron chi connectivity index (χ1n) is 6.99. The minimum Gasteiger partial charge on any atom is -0.321 e. The Kier molecular flexibility index (Phi) is 3.64. The summed E-state index contributed by atoms with van der Waals surface area (Å²) in [5, 5.41) is 7.64. The van der Waals surface area contributed by atoms with Gasteiger partial charge in [0.2, 0.25) is 5.95 Å². The smallest absolute Gasteiger partial charge is 0.227 e. The summed E-state index contributed by atoms with van der Waals surface area (Å²) < 4.78 is 2.06. The maximum absolute atomic E-state index is 4.46. The molecule has 1 fully saturated rings. The van der Waals surface area contributed by atoms with E-state index in [-0.39, 0.29) is 0 Å². The number of nitrogens with zero attached hydrogens (tertiary/aromatic N) is 5. The number of piperidine rings is 1. The van der Waals surface area contributed by atoms with E-state index >= 15 is 0 Å². The van der Waals surface area contributed by atoms with Crippen LogP contribution in [-0.2, 0) is 0 Å². The summed E-state index contributed by atoms with van der Waals surface area (Å²) >= 11 is 0. The fourth-order valence-corrected chi connectivity index (χ4v) is 2.45. The van der Waals surface area contributed by atoms with Gasteiger partial charge in [-0.3, -0.25) is 4.68 Å². The first kappa shape index (κ1) is 13.1. The van der Waals surface area contributed by atoms with E-state index in [1.54, 1.807) is 12.4 Å². The number of hydrogen-bond acceptors (Lipinski definition) is 5. The molecule has 0 aliphatic carbocycles. The number of aryl methyl sites for hydroxylation is 1. The van der Waals surface area contributed by atoms with Gasteiger partial charge in [0.25, 0.3) is 0 Å². The first-order valence-corrected chi connectivity index (χ1v) is 6.99. The van der Waals surface area contributed by atoms with Crippen molar-refractivity contribution < 1.29 is 0 Å². The van der Waals surface area contributed by atoms with Gasteiger partial charge < -0.3 is 10.2 Å². The second-order valence-corrected chi connectivity index (χ2v) is 5.45. The van der Waals surface area contributed by atoms with E-state index in [9.17, 15) is 0 Å². The fraction of sp³-hybridized carbons (Fsp3) is 0.500. The third-order valence-electron chi connectivity index (χ3n) is 3.70. The lowest BCUT2D eigenvalue weighted by atomic mass is 10.1. The van der Waals surface area contributed by atoms with Gasteiger partial charge in [-0.1, -0.05) is 0 Å². The van der Waals surface area contributed by atoms with E-state index in [2.05, 4.69) is 37.0 Å². The van der Waals surface area contributed by atoms with Crippen molar-refractivity contribution in [2.75, 3.05) is 25.5 Å². The molecule has 3 heterocycles. The van der Waals surface area contributed by atoms with Crippen LogP contribution in [0, 0.1) is 6.92 Å². The predicted molar refractivity (Wildman–Crippen MR) is 78.0 cm³/mol. The Hall–Kier alpha value is -1.95. The van der Waals surface area contributed by atoms with Gasteiger partial charge in [0.05, 0.1) is 17.9 Å². The van der Waals surface area contributed by atoms with Crippen LogP contribution in [0.3, 0.4) is 0 Å². The predicted octanol–water partition coefficient (Wildman–Crippen LogP) is 1.99. The van der Waals surface area contributed by atoms with Crippen LogP contribution in [0.15, 0.2) is 24.8 Å². The summed E-state index contributed by atoms with van der Waals surface area (Å²) in [4.78, 5) is 10.8. The van der Waals surface area contributed by atoms with Crippen molar-refractivity contribution in [3.8, 4) is 0 Å². The van der Waals surface area contributed by atoms with Crippen molar-refractivity contribution in [1.82, 2.24) is 24.6 Å². The molecule has 6 nitrogen and oxygen atoms in total. The molecule has 2 aromatic heterocycles. The molecule has 106 valence electrons. The quantitative estimate of drug-likeness (QED) is 0.926. The Morgan fingerprint density at radius 2 is 1.85 bits per heavy atom. The van der Waals surface area contributed by atoms with Crippen LogP contribution >= 0.6 is 0 Å². The average molecular weight is 272 g/mol. The third kappa shape index (κ3) is 2.96. The number of likely N-dealkylation sites (tertiary alicyclic amines) is 1. The molecule has 0 unspecified atom stereocenters. The minimum atomic E-state index is 0.501. The van der Waals surface area contributed by atoms with Gasteiger partial charge in [0.15, 0.2) is 0 Å². The van der Waals surface area contributed by atoms with Crippen molar-refractivity contribution in [3.63, 3.8) is 0 Å². The van der Waals surface area contributed by atoms with Crippen molar-refractivity contribution >= 4 is 11.6 Å². The standard InChI is InChI=1S/C14H20N6/c1-11-7-15-14(16-8-11)18-12-9-17-20(10-12)13-3-5-19(2)6-4-13/h7-10,13H,3-6H2,1-2H3,(H,15,16,18). The summed E-state index contributed by atoms with van der Waals surface area (Å²) in [6.45, 7) is 4.24. The van der Waals surface area contributed by atoms with Crippen LogP contribution in [-0.4, -0.2) is 44.8 Å². The van der Waals surface area contributed by atoms with Crippen LogP contribution in [0.4, 0.5) is 11.6 Å². The highest BCUT2D eigenvalue weighted by Gasteiger charge is 2.18. The SMILES string of the molecule is Cc1cnc(Nc2cnn(C3CCN(C)CC3)c2)nc1. The van der Waals surface area contributed by atoms with Gasteiger partial charge in [-0.15, -0.1) is 0 Å². The van der Waals surface area contributed by atoms with Crippen molar-refractivity contribution in [1.29, 1.82) is 0 Å². The van der Waals surface area contributed by atoms with Gasteiger partial charge in [-0.2, -0.15) is 5.10 Å². The molecule has 0 aromatic carbocycles. The van der Waals surface area contributed by atoms with Crippen molar-refractivity contribution in [3.05, 3.63) is 30.4 Å². The van der Waals surface area contributed by atoms with E-state index in [0.29, 0.717) is 12.0 Å². The summed E-state index contributed by atoms with van der Waals surface area (Å²) in [7, 11) is 2.17. The van der Waals surface area contributed by atoms with E-state index in [0.717, 1.165) is 37.2 Å². The molecule has 0 amide bonds. The molecule has 0 saturated carbocycles. The lowest BCUT2D eigenvalue weighted by Crippen LogP contribution is -2.31. The molecule has 0 spiro atoms. The lowest BCUT2D eigenvalue weighted by molar-refractivity contribution is 0.212. The molecule has 2 aromatic rings. The Morgan fingerprint density at radius 1 is 1.15 bits per heavy atom. The second-order valence-electron chi connectivity index (χ2n) is 5.45. The molecule has 0 bridgehead atoms. The largest absolute Gasteiger partial charge is 0.321 e. The van der Waals surface area contributed by atoms with Crippen LogP contribution < -0.4 is 5.32 Å². The molecule has 6 heteroatoms. The zero-order chi connectivity index (χ0) is 13.9. The van der Waals surface area contributed by atoms with Gasteiger partial charge in [0.1, 0.15) is 0 Å². The molecule has 1 saturated heterocycles. The molecule has 0 radical (unpaired) electrons. The highest BCUT2D eigenvalue weighted by atomic mass is 15.3. The van der Waals surface area contributed by atoms with Gasteiger partial charge in [-0.05, 0) is 45.5 Å². The number of rotatable bonds is 3. The normalized spacial score (nSPS) is 17.3. The van der Waals surface area contributed by atoms with Gasteiger partial charge >= 0.3 is 0 Å². The highest BCUT2D eigenvalue weighted by Crippen LogP contribution is 2.22. The second kappa shape index (κ2) is 5.58. The summed E-state index contributed by atoms with van der Waals surface area (Å²) in [5.74, 6) is 0.610. The fourth-order valence-electron chi connectivity index (χ4n) is 2.45.